The van der Waals surface area contributed by atoms with Crippen LogP contribution in [0.1, 0.15) is 44.4 Å². The fourth-order valence-electron chi connectivity index (χ4n) is 3.90. The molecule has 5 nitrogen and oxygen atoms in total. The number of rotatable bonds is 0. The summed E-state index contributed by atoms with van der Waals surface area (Å²) < 4.78 is 25.7. The lowest BCUT2D eigenvalue weighted by molar-refractivity contribution is 0.0734. The topological polar surface area (TPSA) is 58.4 Å². The van der Waals surface area contributed by atoms with Gasteiger partial charge in [0.25, 0.3) is 5.91 Å². The number of phenolic OH excluding ortho intramolecular Hbond substituents is 1. The highest BCUT2D eigenvalue weighted by atomic mass is 35.5. The largest absolute Gasteiger partial charge is 0.508 e. The van der Waals surface area contributed by atoms with E-state index in [0.29, 0.717) is 28.3 Å². The lowest BCUT2D eigenvalue weighted by Gasteiger charge is -2.24. The summed E-state index contributed by atoms with van der Waals surface area (Å²) in [5.41, 5.74) is 2.05. The summed E-state index contributed by atoms with van der Waals surface area (Å²) in [5.74, 6) is -0.158. The first-order valence-electron chi connectivity index (χ1n) is 9.10. The Morgan fingerprint density at radius 1 is 1.33 bits per heavy atom. The number of carbonyl (C=O) groups is 1. The van der Waals surface area contributed by atoms with E-state index in [4.69, 9.17) is 15.7 Å². The zero-order valence-electron chi connectivity index (χ0n) is 15.4. The second-order valence-corrected chi connectivity index (χ2v) is 6.59. The SMILES string of the molecule is [2H]C([2H])([2H])N1C(=O)c2cccc(O)c2[C@H]2C[C@@H]1c1nc3ccc(Cl)cc3n12. The number of carbonyl (C=O) groups excluding carboxylic acids is 1. The Balaban J connectivity index is 1.88. The molecule has 0 spiro atoms. The third-order valence-electron chi connectivity index (χ3n) is 4.91. The second kappa shape index (κ2) is 4.51. The van der Waals surface area contributed by atoms with Crippen LogP contribution in [0, 0.1) is 0 Å². The van der Waals surface area contributed by atoms with Gasteiger partial charge >= 0.3 is 0 Å². The van der Waals surface area contributed by atoms with Crippen LogP contribution in [0.15, 0.2) is 36.4 Å². The normalized spacial score (nSPS) is 24.1. The Bertz CT molecular complexity index is 1120. The molecule has 1 N–H and O–H groups in total. The Morgan fingerprint density at radius 2 is 2.21 bits per heavy atom. The number of phenols is 1. The molecule has 2 aromatic carbocycles. The van der Waals surface area contributed by atoms with Gasteiger partial charge in [-0.15, -0.1) is 0 Å². The van der Waals surface area contributed by atoms with E-state index in [1.165, 1.54) is 6.07 Å². The summed E-state index contributed by atoms with van der Waals surface area (Å²) in [6, 6.07) is 8.75. The number of hydrogen-bond acceptors (Lipinski definition) is 3. The van der Waals surface area contributed by atoms with Crippen LogP contribution in [0.25, 0.3) is 11.0 Å². The van der Waals surface area contributed by atoms with Gasteiger partial charge < -0.3 is 14.6 Å². The van der Waals surface area contributed by atoms with Crippen LogP contribution in [-0.4, -0.2) is 32.4 Å². The Labute approximate surface area is 147 Å². The fraction of sp³-hybridized carbons (Fsp3) is 0.222. The minimum atomic E-state index is -2.63. The zero-order chi connectivity index (χ0) is 19.1. The molecule has 3 heterocycles. The number of aromatic nitrogens is 2. The molecule has 2 aliphatic rings. The van der Waals surface area contributed by atoms with Crippen molar-refractivity contribution in [3.63, 3.8) is 0 Å². The maximum Gasteiger partial charge on any atom is 0.254 e. The molecule has 120 valence electrons. The number of fused-ring (bicyclic) bond motifs is 9. The number of amides is 1. The number of benzene rings is 2. The fourth-order valence-corrected chi connectivity index (χ4v) is 4.06. The Hall–Kier alpha value is -2.53. The third kappa shape index (κ3) is 1.60. The summed E-state index contributed by atoms with van der Waals surface area (Å²) >= 11 is 6.16. The molecule has 2 bridgehead atoms. The quantitative estimate of drug-likeness (QED) is 0.680. The van der Waals surface area contributed by atoms with Gasteiger partial charge in [0.1, 0.15) is 11.6 Å². The van der Waals surface area contributed by atoms with Crippen molar-refractivity contribution in [2.24, 2.45) is 0 Å². The molecule has 0 aliphatic carbocycles. The molecule has 3 aromatic rings. The molecular weight excluding hydrogens is 326 g/mol. The number of imidazole rings is 1. The molecule has 2 aliphatic heterocycles. The molecule has 0 saturated heterocycles. The molecule has 0 saturated carbocycles. The molecule has 0 fully saturated rings. The van der Waals surface area contributed by atoms with E-state index in [1.807, 2.05) is 4.57 Å². The van der Waals surface area contributed by atoms with Crippen LogP contribution >= 0.6 is 11.6 Å². The van der Waals surface area contributed by atoms with Gasteiger partial charge in [0.05, 0.1) is 23.1 Å². The van der Waals surface area contributed by atoms with Crippen molar-refractivity contribution in [3.8, 4) is 5.75 Å². The maximum atomic E-state index is 13.1. The van der Waals surface area contributed by atoms with Gasteiger partial charge in [0, 0.05) is 33.7 Å². The van der Waals surface area contributed by atoms with E-state index in [2.05, 4.69) is 4.98 Å². The molecule has 5 rings (SSSR count). The molecule has 0 unspecified atom stereocenters. The van der Waals surface area contributed by atoms with Gasteiger partial charge in [-0.25, -0.2) is 4.98 Å². The van der Waals surface area contributed by atoms with Gasteiger partial charge in [-0.2, -0.15) is 0 Å². The molecule has 24 heavy (non-hydrogen) atoms. The number of halogens is 1. The van der Waals surface area contributed by atoms with Crippen molar-refractivity contribution < 1.29 is 14.0 Å². The van der Waals surface area contributed by atoms with Crippen LogP contribution in [0.2, 0.25) is 5.02 Å². The van der Waals surface area contributed by atoms with Crippen molar-refractivity contribution in [2.75, 3.05) is 6.98 Å². The number of aromatic hydroxyl groups is 1. The number of nitrogens with zero attached hydrogens (tertiary/aromatic N) is 3. The molecule has 1 aromatic heterocycles. The molecule has 0 radical (unpaired) electrons. The average Bonchev–Trinajstić information content (AvgIpc) is 3.07. The first-order chi connectivity index (χ1) is 12.8. The van der Waals surface area contributed by atoms with Crippen LogP contribution in [0.3, 0.4) is 0 Å². The molecule has 1 amide bonds. The minimum Gasteiger partial charge on any atom is -0.508 e. The van der Waals surface area contributed by atoms with Crippen molar-refractivity contribution in [2.45, 2.75) is 18.5 Å². The lowest BCUT2D eigenvalue weighted by Crippen LogP contribution is -2.30. The highest BCUT2D eigenvalue weighted by Crippen LogP contribution is 2.49. The maximum absolute atomic E-state index is 13.1. The van der Waals surface area contributed by atoms with E-state index >= 15 is 0 Å². The van der Waals surface area contributed by atoms with Crippen LogP contribution in [-0.2, 0) is 0 Å². The van der Waals surface area contributed by atoms with Crippen molar-refractivity contribution in [1.82, 2.24) is 14.5 Å². The van der Waals surface area contributed by atoms with Crippen LogP contribution < -0.4 is 0 Å². The van der Waals surface area contributed by atoms with E-state index in [1.54, 1.807) is 30.3 Å². The van der Waals surface area contributed by atoms with Crippen molar-refractivity contribution in [1.29, 1.82) is 0 Å². The minimum absolute atomic E-state index is 0.0336. The highest BCUT2D eigenvalue weighted by molar-refractivity contribution is 6.31. The summed E-state index contributed by atoms with van der Waals surface area (Å²) in [5, 5.41) is 11.1. The van der Waals surface area contributed by atoms with Crippen LogP contribution in [0.4, 0.5) is 0 Å². The van der Waals surface area contributed by atoms with Gasteiger partial charge in [-0.1, -0.05) is 17.7 Å². The van der Waals surface area contributed by atoms with Gasteiger partial charge in [0.15, 0.2) is 0 Å². The second-order valence-electron chi connectivity index (χ2n) is 6.15. The lowest BCUT2D eigenvalue weighted by atomic mass is 9.98. The zero-order valence-corrected chi connectivity index (χ0v) is 13.2. The molecular formula is C18H14ClN3O2. The van der Waals surface area contributed by atoms with E-state index < -0.39 is 25.0 Å². The first kappa shape index (κ1) is 11.1. The third-order valence-corrected chi connectivity index (χ3v) is 5.15. The Kier molecular flexibility index (Phi) is 2.09. The van der Waals surface area contributed by atoms with Gasteiger partial charge in [-0.05, 0) is 30.3 Å². The monoisotopic (exact) mass is 342 g/mol. The molecule has 6 heteroatoms. The van der Waals surface area contributed by atoms with Crippen molar-refractivity contribution in [3.05, 3.63) is 58.4 Å². The van der Waals surface area contributed by atoms with Crippen molar-refractivity contribution >= 4 is 28.5 Å². The van der Waals surface area contributed by atoms with Gasteiger partial charge in [-0.3, -0.25) is 4.79 Å². The van der Waals surface area contributed by atoms with E-state index in [9.17, 15) is 9.90 Å². The van der Waals surface area contributed by atoms with E-state index in [0.717, 1.165) is 10.4 Å². The average molecular weight is 343 g/mol. The Morgan fingerprint density at radius 3 is 3.04 bits per heavy atom. The smallest absolute Gasteiger partial charge is 0.254 e. The summed E-state index contributed by atoms with van der Waals surface area (Å²) in [4.78, 5) is 18.6. The summed E-state index contributed by atoms with van der Waals surface area (Å²) in [6.45, 7) is -2.63. The summed E-state index contributed by atoms with van der Waals surface area (Å²) in [6.07, 6.45) is 0.333. The summed E-state index contributed by atoms with van der Waals surface area (Å²) in [7, 11) is 0. The predicted molar refractivity (Wildman–Crippen MR) is 90.4 cm³/mol. The molecule has 2 atom stereocenters. The predicted octanol–water partition coefficient (Wildman–Crippen LogP) is 3.52. The van der Waals surface area contributed by atoms with Crippen LogP contribution in [0.5, 0.6) is 5.75 Å². The highest BCUT2D eigenvalue weighted by Gasteiger charge is 2.44. The van der Waals surface area contributed by atoms with E-state index in [-0.39, 0.29) is 11.3 Å². The first-order valence-corrected chi connectivity index (χ1v) is 7.98. The standard InChI is InChI=1S/C18H14ClN3O2/c1-21-14-8-13(16-10(18(21)24)3-2-4-15(16)23)22-12-7-9(19)5-6-11(12)20-17(14)22/h2-7,13-14,23H,8H2,1H3/t13-,14-/m1/s1/i1D3. The van der Waals surface area contributed by atoms with Gasteiger partial charge in [0.2, 0.25) is 0 Å². The number of hydrogen-bond donors (Lipinski definition) is 1.